The Morgan fingerprint density at radius 2 is 1.54 bits per heavy atom. The number of ether oxygens (including phenoxy) is 6. The maximum Gasteiger partial charge on any atom is 0.303 e. The van der Waals surface area contributed by atoms with Crippen LogP contribution in [0.3, 0.4) is 0 Å². The molecule has 50 heavy (non-hydrogen) atoms. The summed E-state index contributed by atoms with van der Waals surface area (Å²) in [5.74, 6) is -1.18. The minimum Gasteiger partial charge on any atom is -0.456 e. The molecule has 0 aromatic rings. The van der Waals surface area contributed by atoms with E-state index in [1.807, 2.05) is 0 Å². The van der Waals surface area contributed by atoms with Gasteiger partial charge in [-0.05, 0) is 105 Å². The minimum atomic E-state index is -1.31. The standard InChI is InChI=1S/C39H60O11/c1-19-16-22-30(34(6,7)44)50-39(49-22)29(19)35(8)14-15-38-18-37(38)13-12-26(33(4,5)24(37)10-11-25(38)36(35,9)32(39)43)48-31-27(42)28(47-21(3)41)23(17-45-31)46-20(2)40/h19,22-32,42-44H,10-18H2,1-9H3. The molecule has 3 aliphatic heterocycles. The fourth-order valence-corrected chi connectivity index (χ4v) is 14.6. The summed E-state index contributed by atoms with van der Waals surface area (Å²) in [5.41, 5.74) is -1.64. The summed E-state index contributed by atoms with van der Waals surface area (Å²) in [4.78, 5) is 23.6. The van der Waals surface area contributed by atoms with Crippen LogP contribution >= 0.6 is 0 Å². The van der Waals surface area contributed by atoms with Crippen LogP contribution < -0.4 is 0 Å². The number of aliphatic hydroxyl groups excluding tert-OH is 2. The molecule has 17 atom stereocenters. The first-order valence-corrected chi connectivity index (χ1v) is 19.3. The van der Waals surface area contributed by atoms with Crippen molar-refractivity contribution in [3.63, 3.8) is 0 Å². The van der Waals surface area contributed by atoms with Crippen molar-refractivity contribution in [2.45, 2.75) is 174 Å². The zero-order valence-corrected chi connectivity index (χ0v) is 31.4. The average Bonchev–Trinajstić information content (AvgIpc) is 3.52. The zero-order valence-electron chi connectivity index (χ0n) is 31.4. The van der Waals surface area contributed by atoms with Gasteiger partial charge in [0, 0.05) is 25.2 Å². The van der Waals surface area contributed by atoms with Crippen LogP contribution in [0, 0.1) is 50.7 Å². The summed E-state index contributed by atoms with van der Waals surface area (Å²) in [5, 5.41) is 35.2. The Balaban J connectivity index is 1.05. The van der Waals surface area contributed by atoms with Gasteiger partial charge in [0.05, 0.1) is 24.4 Å². The highest BCUT2D eigenvalue weighted by Gasteiger charge is 2.88. The van der Waals surface area contributed by atoms with Crippen molar-refractivity contribution in [3.8, 4) is 0 Å². The van der Waals surface area contributed by atoms with E-state index < -0.39 is 65.6 Å². The fourth-order valence-electron chi connectivity index (χ4n) is 14.6. The van der Waals surface area contributed by atoms with Gasteiger partial charge < -0.3 is 43.7 Å². The molecule has 3 N–H and O–H groups in total. The van der Waals surface area contributed by atoms with Crippen LogP contribution in [0.2, 0.25) is 0 Å². The Labute approximate surface area is 296 Å². The van der Waals surface area contributed by atoms with Gasteiger partial charge in [-0.25, -0.2) is 0 Å². The average molecular weight is 705 g/mol. The molecule has 8 aliphatic rings. The van der Waals surface area contributed by atoms with E-state index in [-0.39, 0.29) is 46.4 Å². The molecule has 0 aromatic carbocycles. The van der Waals surface area contributed by atoms with Crippen molar-refractivity contribution in [2.24, 2.45) is 50.7 Å². The molecule has 3 spiro atoms. The summed E-state index contributed by atoms with van der Waals surface area (Å²) < 4.78 is 37.0. The predicted octanol–water partition coefficient (Wildman–Crippen LogP) is 4.26. The second-order valence-electron chi connectivity index (χ2n) is 19.4. The SMILES string of the molecule is CC(=O)OC1COC(OC2CCC34CC35CCC3(C)C6C(C)CC7OC6(OC7C(C)(C)O)C(O)C3(C)C5CCC4C2(C)C)C(O)C1OC(C)=O. The summed E-state index contributed by atoms with van der Waals surface area (Å²) in [7, 11) is 0. The maximum atomic E-state index is 12.7. The van der Waals surface area contributed by atoms with E-state index in [0.29, 0.717) is 17.8 Å². The van der Waals surface area contributed by atoms with Crippen LogP contribution in [-0.2, 0) is 38.0 Å². The van der Waals surface area contributed by atoms with Crippen molar-refractivity contribution >= 4 is 11.9 Å². The first-order valence-electron chi connectivity index (χ1n) is 19.3. The summed E-state index contributed by atoms with van der Waals surface area (Å²) in [6.07, 6.45) is 1.87. The molecule has 3 heterocycles. The molecular weight excluding hydrogens is 644 g/mol. The van der Waals surface area contributed by atoms with Gasteiger partial charge in [-0.3, -0.25) is 9.59 Å². The Morgan fingerprint density at radius 1 is 0.880 bits per heavy atom. The molecule has 5 aliphatic carbocycles. The predicted molar refractivity (Wildman–Crippen MR) is 178 cm³/mol. The van der Waals surface area contributed by atoms with Crippen molar-refractivity contribution in [1.82, 2.24) is 0 Å². The molecule has 3 saturated heterocycles. The van der Waals surface area contributed by atoms with E-state index in [9.17, 15) is 24.9 Å². The normalized spacial score (nSPS) is 55.8. The van der Waals surface area contributed by atoms with E-state index in [2.05, 4.69) is 34.6 Å². The molecule has 11 nitrogen and oxygen atoms in total. The second kappa shape index (κ2) is 10.9. The Morgan fingerprint density at radius 3 is 2.20 bits per heavy atom. The lowest BCUT2D eigenvalue weighted by Gasteiger charge is -2.63. The molecule has 0 radical (unpaired) electrons. The quantitative estimate of drug-likeness (QED) is 0.278. The fraction of sp³-hybridized carbons (Fsp3) is 0.949. The van der Waals surface area contributed by atoms with Crippen LogP contribution in [0.25, 0.3) is 0 Å². The van der Waals surface area contributed by atoms with Crippen LogP contribution in [0.5, 0.6) is 0 Å². The third-order valence-corrected chi connectivity index (χ3v) is 16.4. The third-order valence-electron chi connectivity index (χ3n) is 16.4. The number of rotatable bonds is 5. The van der Waals surface area contributed by atoms with Gasteiger partial charge in [0.15, 0.2) is 24.3 Å². The van der Waals surface area contributed by atoms with E-state index in [4.69, 9.17) is 28.4 Å². The van der Waals surface area contributed by atoms with E-state index in [1.165, 1.54) is 13.8 Å². The van der Waals surface area contributed by atoms with Crippen LogP contribution in [0.4, 0.5) is 0 Å². The molecule has 0 amide bonds. The van der Waals surface area contributed by atoms with Gasteiger partial charge in [-0.2, -0.15) is 0 Å². The monoisotopic (exact) mass is 704 g/mol. The van der Waals surface area contributed by atoms with Crippen molar-refractivity contribution in [1.29, 1.82) is 0 Å². The second-order valence-corrected chi connectivity index (χ2v) is 19.4. The van der Waals surface area contributed by atoms with Crippen molar-refractivity contribution in [3.05, 3.63) is 0 Å². The Hall–Kier alpha value is -1.34. The summed E-state index contributed by atoms with van der Waals surface area (Å²) in [6.45, 7) is 17.7. The Kier molecular flexibility index (Phi) is 7.76. The number of carbonyl (C=O) groups is 2. The number of fused-ring (bicyclic) bond motifs is 4. The third kappa shape index (κ3) is 4.34. The molecule has 8 rings (SSSR count). The highest BCUT2D eigenvalue weighted by molar-refractivity contribution is 5.67. The topological polar surface area (TPSA) is 150 Å². The lowest BCUT2D eigenvalue weighted by atomic mass is 9.41. The van der Waals surface area contributed by atoms with Gasteiger partial charge in [0.25, 0.3) is 0 Å². The number of carbonyl (C=O) groups excluding carboxylic acids is 2. The first kappa shape index (κ1) is 35.7. The van der Waals surface area contributed by atoms with Gasteiger partial charge in [0.1, 0.15) is 18.3 Å². The van der Waals surface area contributed by atoms with Crippen LogP contribution in [0.15, 0.2) is 0 Å². The summed E-state index contributed by atoms with van der Waals surface area (Å²) >= 11 is 0. The van der Waals surface area contributed by atoms with E-state index >= 15 is 0 Å². The molecule has 0 aromatic heterocycles. The molecule has 282 valence electrons. The molecule has 2 bridgehead atoms. The van der Waals surface area contributed by atoms with Crippen LogP contribution in [-0.4, -0.2) is 94.3 Å². The van der Waals surface area contributed by atoms with Gasteiger partial charge in [-0.1, -0.05) is 34.6 Å². The summed E-state index contributed by atoms with van der Waals surface area (Å²) in [6, 6.07) is 0. The molecule has 5 saturated carbocycles. The maximum absolute atomic E-state index is 12.7. The highest BCUT2D eigenvalue weighted by atomic mass is 16.8. The van der Waals surface area contributed by atoms with Crippen molar-refractivity contribution < 1.29 is 53.3 Å². The molecule has 11 heteroatoms. The number of hydrogen-bond donors (Lipinski definition) is 3. The smallest absolute Gasteiger partial charge is 0.303 e. The van der Waals surface area contributed by atoms with Crippen LogP contribution in [0.1, 0.15) is 114 Å². The van der Waals surface area contributed by atoms with Gasteiger partial charge in [0.2, 0.25) is 0 Å². The first-order chi connectivity index (χ1) is 23.2. The number of hydrogen-bond acceptors (Lipinski definition) is 11. The van der Waals surface area contributed by atoms with E-state index in [0.717, 1.165) is 51.4 Å². The number of aliphatic hydroxyl groups is 3. The van der Waals surface area contributed by atoms with Gasteiger partial charge in [-0.15, -0.1) is 0 Å². The number of esters is 2. The lowest BCUT2D eigenvalue weighted by Crippen LogP contribution is -2.61. The highest BCUT2D eigenvalue weighted by Crippen LogP contribution is 2.90. The van der Waals surface area contributed by atoms with Gasteiger partial charge >= 0.3 is 11.9 Å². The zero-order chi connectivity index (χ0) is 36.2. The molecular formula is C39H60O11. The molecule has 8 fully saturated rings. The minimum absolute atomic E-state index is 0.0436. The molecule has 17 unspecified atom stereocenters. The lowest BCUT2D eigenvalue weighted by molar-refractivity contribution is -0.306. The Bertz CT molecular complexity index is 1430. The largest absolute Gasteiger partial charge is 0.456 e. The van der Waals surface area contributed by atoms with E-state index in [1.54, 1.807) is 13.8 Å². The van der Waals surface area contributed by atoms with Crippen molar-refractivity contribution in [2.75, 3.05) is 6.61 Å².